The molecule has 0 aliphatic heterocycles. The van der Waals surface area contributed by atoms with Gasteiger partial charge in [-0.15, -0.1) is 0 Å². The molecule has 2 N–H and O–H groups in total. The lowest BCUT2D eigenvalue weighted by Gasteiger charge is -2.27. The van der Waals surface area contributed by atoms with Crippen molar-refractivity contribution >= 4 is 11.4 Å². The third-order valence-corrected chi connectivity index (χ3v) is 4.07. The second-order valence-corrected chi connectivity index (χ2v) is 7.00. The summed E-state index contributed by atoms with van der Waals surface area (Å²) >= 11 is 0. The van der Waals surface area contributed by atoms with Crippen LogP contribution in [0, 0.1) is 11.8 Å². The number of hydrogen-bond acceptors (Lipinski definition) is 2. The van der Waals surface area contributed by atoms with Gasteiger partial charge in [0, 0.05) is 23.6 Å². The summed E-state index contributed by atoms with van der Waals surface area (Å²) in [6.45, 7) is 9.08. The number of benzene rings is 2. The molecule has 2 aromatic rings. The largest absolute Gasteiger partial charge is 0.378 e. The molecule has 0 heterocycles. The van der Waals surface area contributed by atoms with E-state index in [-0.39, 0.29) is 0 Å². The Morgan fingerprint density at radius 1 is 0.833 bits per heavy atom. The summed E-state index contributed by atoms with van der Waals surface area (Å²) < 4.78 is 0. The van der Waals surface area contributed by atoms with E-state index < -0.39 is 0 Å². The summed E-state index contributed by atoms with van der Waals surface area (Å²) in [4.78, 5) is 0. The first-order valence-electron chi connectivity index (χ1n) is 8.89. The first-order valence-corrected chi connectivity index (χ1v) is 8.89. The molecule has 2 heteroatoms. The molecule has 0 fully saturated rings. The molecule has 0 aromatic heterocycles. The molecular formula is C22H30N2. The van der Waals surface area contributed by atoms with Gasteiger partial charge in [0.2, 0.25) is 0 Å². The van der Waals surface area contributed by atoms with Gasteiger partial charge in [-0.1, -0.05) is 64.1 Å². The van der Waals surface area contributed by atoms with Gasteiger partial charge in [0.1, 0.15) is 0 Å². The Morgan fingerprint density at radius 3 is 1.88 bits per heavy atom. The van der Waals surface area contributed by atoms with Gasteiger partial charge in [-0.2, -0.15) is 0 Å². The maximum absolute atomic E-state index is 3.72. The lowest BCUT2D eigenvalue weighted by molar-refractivity contribution is 0.524. The zero-order valence-corrected chi connectivity index (χ0v) is 15.3. The van der Waals surface area contributed by atoms with Crippen molar-refractivity contribution in [3.05, 3.63) is 72.4 Å². The quantitative estimate of drug-likeness (QED) is 0.607. The normalized spacial score (nSPS) is 13.2. The van der Waals surface area contributed by atoms with E-state index in [1.807, 2.05) is 6.07 Å². The Bertz CT molecular complexity index is 615. The molecular weight excluding hydrogens is 292 g/mol. The maximum Gasteiger partial charge on any atom is 0.0495 e. The lowest BCUT2D eigenvalue weighted by Crippen LogP contribution is -2.27. The minimum Gasteiger partial charge on any atom is -0.378 e. The lowest BCUT2D eigenvalue weighted by atomic mass is 9.90. The molecule has 0 aliphatic carbocycles. The topological polar surface area (TPSA) is 24.1 Å². The number of anilines is 2. The van der Waals surface area contributed by atoms with Gasteiger partial charge < -0.3 is 10.6 Å². The number of rotatable bonds is 8. The van der Waals surface area contributed by atoms with E-state index in [2.05, 4.69) is 99.1 Å². The van der Waals surface area contributed by atoms with E-state index in [1.54, 1.807) is 0 Å². The molecule has 1 atom stereocenters. The molecule has 24 heavy (non-hydrogen) atoms. The Hall–Kier alpha value is -2.22. The van der Waals surface area contributed by atoms with Crippen molar-refractivity contribution in [3.63, 3.8) is 0 Å². The minimum atomic E-state index is 0.323. The van der Waals surface area contributed by atoms with Crippen LogP contribution >= 0.6 is 0 Å². The fourth-order valence-corrected chi connectivity index (χ4v) is 2.86. The molecule has 2 aromatic carbocycles. The van der Waals surface area contributed by atoms with Gasteiger partial charge in [-0.05, 0) is 48.1 Å². The first-order chi connectivity index (χ1) is 11.6. The SMILES string of the molecule is CC(C)CC(Nc1ccccc1)C(=CNc1ccccc1)C(C)C. The number of nitrogens with one attached hydrogen (secondary N) is 2. The van der Waals surface area contributed by atoms with Crippen molar-refractivity contribution in [2.75, 3.05) is 10.6 Å². The highest BCUT2D eigenvalue weighted by Gasteiger charge is 2.18. The van der Waals surface area contributed by atoms with Crippen LogP contribution in [0.1, 0.15) is 34.1 Å². The van der Waals surface area contributed by atoms with Crippen LogP contribution < -0.4 is 10.6 Å². The van der Waals surface area contributed by atoms with Crippen LogP contribution in [0.15, 0.2) is 72.4 Å². The second-order valence-electron chi connectivity index (χ2n) is 7.00. The minimum absolute atomic E-state index is 0.323. The second kappa shape index (κ2) is 9.17. The fourth-order valence-electron chi connectivity index (χ4n) is 2.86. The smallest absolute Gasteiger partial charge is 0.0495 e. The zero-order chi connectivity index (χ0) is 17.4. The predicted molar refractivity (Wildman–Crippen MR) is 106 cm³/mol. The number of para-hydroxylation sites is 2. The Labute approximate surface area is 147 Å². The van der Waals surface area contributed by atoms with E-state index in [0.717, 1.165) is 12.1 Å². The van der Waals surface area contributed by atoms with Crippen LogP contribution in [-0.4, -0.2) is 6.04 Å². The van der Waals surface area contributed by atoms with E-state index in [9.17, 15) is 0 Å². The van der Waals surface area contributed by atoms with Gasteiger partial charge in [-0.3, -0.25) is 0 Å². The molecule has 1 unspecified atom stereocenters. The van der Waals surface area contributed by atoms with Gasteiger partial charge >= 0.3 is 0 Å². The van der Waals surface area contributed by atoms with E-state index in [0.29, 0.717) is 17.9 Å². The molecule has 0 bridgehead atoms. The summed E-state index contributed by atoms with van der Waals surface area (Å²) in [5, 5.41) is 7.18. The van der Waals surface area contributed by atoms with Crippen molar-refractivity contribution < 1.29 is 0 Å². The van der Waals surface area contributed by atoms with Crippen LogP contribution in [0.25, 0.3) is 0 Å². The molecule has 0 aliphatic rings. The van der Waals surface area contributed by atoms with E-state index in [4.69, 9.17) is 0 Å². The summed E-state index contributed by atoms with van der Waals surface area (Å²) in [6, 6.07) is 21.1. The summed E-state index contributed by atoms with van der Waals surface area (Å²) in [6.07, 6.45) is 3.29. The fraction of sp³-hybridized carbons (Fsp3) is 0.364. The van der Waals surface area contributed by atoms with E-state index >= 15 is 0 Å². The highest BCUT2D eigenvalue weighted by molar-refractivity contribution is 5.48. The van der Waals surface area contributed by atoms with Crippen LogP contribution in [0.5, 0.6) is 0 Å². The average Bonchev–Trinajstić information content (AvgIpc) is 2.56. The summed E-state index contributed by atoms with van der Waals surface area (Å²) in [5.41, 5.74) is 3.70. The summed E-state index contributed by atoms with van der Waals surface area (Å²) in [5.74, 6) is 1.10. The molecule has 0 amide bonds. The number of hydrogen-bond donors (Lipinski definition) is 2. The van der Waals surface area contributed by atoms with Crippen molar-refractivity contribution in [3.8, 4) is 0 Å². The van der Waals surface area contributed by atoms with Crippen molar-refractivity contribution in [2.45, 2.75) is 40.2 Å². The molecule has 0 radical (unpaired) electrons. The first kappa shape index (κ1) is 18.1. The van der Waals surface area contributed by atoms with Gasteiger partial charge in [0.15, 0.2) is 0 Å². The average molecular weight is 322 g/mol. The van der Waals surface area contributed by atoms with Crippen LogP contribution in [0.4, 0.5) is 11.4 Å². The predicted octanol–water partition coefficient (Wildman–Crippen LogP) is 6.17. The monoisotopic (exact) mass is 322 g/mol. The summed E-state index contributed by atoms with van der Waals surface area (Å²) in [7, 11) is 0. The highest BCUT2D eigenvalue weighted by Crippen LogP contribution is 2.24. The molecule has 128 valence electrons. The third kappa shape index (κ3) is 5.77. The maximum atomic E-state index is 3.72. The Kier molecular flexibility index (Phi) is 6.92. The third-order valence-electron chi connectivity index (χ3n) is 4.07. The molecule has 0 saturated heterocycles. The molecule has 2 rings (SSSR count). The molecule has 0 saturated carbocycles. The van der Waals surface area contributed by atoms with Crippen LogP contribution in [-0.2, 0) is 0 Å². The van der Waals surface area contributed by atoms with Gasteiger partial charge in [-0.25, -0.2) is 0 Å². The molecule has 2 nitrogen and oxygen atoms in total. The van der Waals surface area contributed by atoms with Crippen LogP contribution in [0.2, 0.25) is 0 Å². The van der Waals surface area contributed by atoms with E-state index in [1.165, 1.54) is 11.3 Å². The highest BCUT2D eigenvalue weighted by atomic mass is 14.9. The van der Waals surface area contributed by atoms with Crippen molar-refractivity contribution in [1.82, 2.24) is 0 Å². The Balaban J connectivity index is 2.21. The van der Waals surface area contributed by atoms with Crippen molar-refractivity contribution in [1.29, 1.82) is 0 Å². The van der Waals surface area contributed by atoms with Crippen LogP contribution in [0.3, 0.4) is 0 Å². The Morgan fingerprint density at radius 2 is 1.38 bits per heavy atom. The van der Waals surface area contributed by atoms with Crippen molar-refractivity contribution in [2.24, 2.45) is 11.8 Å². The molecule has 0 spiro atoms. The standard InChI is InChI=1S/C22H30N2/c1-17(2)15-22(24-20-13-9-6-10-14-20)21(18(3)4)16-23-19-11-7-5-8-12-19/h5-14,16-18,22-24H,15H2,1-4H3. The van der Waals surface area contributed by atoms with Gasteiger partial charge in [0.25, 0.3) is 0 Å². The zero-order valence-electron chi connectivity index (χ0n) is 15.3. The van der Waals surface area contributed by atoms with Gasteiger partial charge in [0.05, 0.1) is 0 Å².